The molecule has 0 saturated heterocycles. The predicted molar refractivity (Wildman–Crippen MR) is 54.7 cm³/mol. The molecule has 94 valence electrons. The fourth-order valence-electron chi connectivity index (χ4n) is 0.726. The average molecular weight is 254 g/mol. The normalized spacial score (nSPS) is 10.7. The Bertz CT molecular complexity index is 229. The van der Waals surface area contributed by atoms with E-state index in [4.69, 9.17) is 0 Å². The van der Waals surface area contributed by atoms with E-state index < -0.39 is 8.25 Å². The van der Waals surface area contributed by atoms with Crippen LogP contribution in [0.2, 0.25) is 0 Å². The highest BCUT2D eigenvalue weighted by Crippen LogP contribution is 2.22. The molecule has 0 aliphatic carbocycles. The first-order valence-corrected chi connectivity index (χ1v) is 5.63. The Labute approximate surface area is 93.9 Å². The molecule has 0 aromatic heterocycles. The maximum Gasteiger partial charge on any atom is 0.319 e. The quantitative estimate of drug-likeness (QED) is 0.500. The zero-order chi connectivity index (χ0) is 12.4. The van der Waals surface area contributed by atoms with Gasteiger partial charge in [0.1, 0.15) is 26.4 Å². The minimum Gasteiger partial charge on any atom is -0.377 e. The number of carbonyl (C=O) groups excluding carboxylic acids is 2. The zero-order valence-electron chi connectivity index (χ0n) is 9.19. The van der Waals surface area contributed by atoms with Crippen molar-refractivity contribution in [3.05, 3.63) is 0 Å². The van der Waals surface area contributed by atoms with Crippen LogP contribution in [-0.4, -0.2) is 52.2 Å². The van der Waals surface area contributed by atoms with Gasteiger partial charge in [0.2, 0.25) is 0 Å². The van der Waals surface area contributed by atoms with Crippen LogP contribution in [-0.2, 0) is 32.7 Å². The van der Waals surface area contributed by atoms with Gasteiger partial charge < -0.3 is 18.5 Å². The monoisotopic (exact) mass is 254 g/mol. The first-order valence-electron chi connectivity index (χ1n) is 4.41. The molecule has 0 spiro atoms. The topological polar surface area (TPSA) is 88.1 Å². The number of ketones is 2. The molecule has 0 saturated carbocycles. The number of hydrogen-bond acceptors (Lipinski definition) is 7. The van der Waals surface area contributed by atoms with Gasteiger partial charge in [0.25, 0.3) is 0 Å². The molecule has 16 heavy (non-hydrogen) atoms. The van der Waals surface area contributed by atoms with E-state index in [2.05, 4.69) is 18.5 Å². The second-order valence-corrected chi connectivity index (χ2v) is 3.85. The Hall–Kier alpha value is -0.590. The molecule has 0 fully saturated rings. The van der Waals surface area contributed by atoms with Crippen molar-refractivity contribution < 1.29 is 32.7 Å². The van der Waals surface area contributed by atoms with Crippen molar-refractivity contribution in [1.82, 2.24) is 0 Å². The van der Waals surface area contributed by atoms with Crippen molar-refractivity contribution >= 4 is 19.8 Å². The summed E-state index contributed by atoms with van der Waals surface area (Å²) in [5.74, 6) is -0.708. The van der Waals surface area contributed by atoms with Gasteiger partial charge in [-0.05, 0) is 0 Å². The van der Waals surface area contributed by atoms with Gasteiger partial charge in [0.15, 0.2) is 11.6 Å². The third-order valence-corrected chi connectivity index (χ3v) is 2.07. The fraction of sp³-hybridized carbons (Fsp3) is 0.750. The third kappa shape index (κ3) is 8.70. The molecular formula is C8H15O7P. The molecule has 0 N–H and O–H groups in total. The summed E-state index contributed by atoms with van der Waals surface area (Å²) in [5, 5.41) is 0. The van der Waals surface area contributed by atoms with Gasteiger partial charge in [-0.25, -0.2) is 0 Å². The molecular weight excluding hydrogens is 239 g/mol. The second-order valence-electron chi connectivity index (χ2n) is 2.77. The average Bonchev–Trinajstić information content (AvgIpc) is 2.24. The van der Waals surface area contributed by atoms with E-state index in [1.165, 1.54) is 14.2 Å². The second kappa shape index (κ2) is 9.62. The van der Waals surface area contributed by atoms with Gasteiger partial charge in [-0.1, -0.05) is 0 Å². The number of carbonyl (C=O) groups is 2. The van der Waals surface area contributed by atoms with Crippen LogP contribution < -0.4 is 0 Å². The maximum absolute atomic E-state index is 11.0. The smallest absolute Gasteiger partial charge is 0.319 e. The highest BCUT2D eigenvalue weighted by molar-refractivity contribution is 7.33. The standard InChI is InChI=1S/C8H15O7P/c1-12-3-7(9)5-14-16(11)15-6-8(10)4-13-2/h16H,3-6H2,1-2H3. The molecule has 0 rings (SSSR count). The molecule has 8 heteroatoms. The Balaban J connectivity index is 3.59. The molecule has 0 aromatic carbocycles. The Morgan fingerprint density at radius 3 is 1.56 bits per heavy atom. The van der Waals surface area contributed by atoms with Gasteiger partial charge >= 0.3 is 8.25 Å². The molecule has 0 aromatic rings. The summed E-state index contributed by atoms with van der Waals surface area (Å²) >= 11 is 0. The molecule has 0 amide bonds. The minimum atomic E-state index is -2.82. The number of ether oxygens (including phenoxy) is 2. The van der Waals surface area contributed by atoms with Gasteiger partial charge in [-0.3, -0.25) is 14.2 Å². The molecule has 0 unspecified atom stereocenters. The van der Waals surface area contributed by atoms with E-state index in [0.717, 1.165) is 0 Å². The zero-order valence-corrected chi connectivity index (χ0v) is 10.2. The third-order valence-electron chi connectivity index (χ3n) is 1.31. The van der Waals surface area contributed by atoms with Gasteiger partial charge in [0, 0.05) is 14.2 Å². The van der Waals surface area contributed by atoms with E-state index in [0.29, 0.717) is 0 Å². The van der Waals surface area contributed by atoms with E-state index in [9.17, 15) is 14.2 Å². The number of Topliss-reactive ketones (excluding diaryl/α,β-unsaturated/α-hetero) is 2. The summed E-state index contributed by atoms with van der Waals surface area (Å²) in [4.78, 5) is 21.7. The van der Waals surface area contributed by atoms with E-state index in [1.807, 2.05) is 0 Å². The van der Waals surface area contributed by atoms with Crippen molar-refractivity contribution in [3.8, 4) is 0 Å². The van der Waals surface area contributed by atoms with E-state index in [1.54, 1.807) is 0 Å². The Kier molecular flexibility index (Phi) is 9.27. The molecule has 0 aliphatic rings. The van der Waals surface area contributed by atoms with Crippen LogP contribution in [0.25, 0.3) is 0 Å². The summed E-state index contributed by atoms with van der Waals surface area (Å²) in [6, 6.07) is 0. The van der Waals surface area contributed by atoms with Crippen LogP contribution >= 0.6 is 8.25 Å². The summed E-state index contributed by atoms with van der Waals surface area (Å²) in [6.45, 7) is -0.941. The van der Waals surface area contributed by atoms with Gasteiger partial charge in [-0.2, -0.15) is 0 Å². The van der Waals surface area contributed by atoms with Gasteiger partial charge in [-0.15, -0.1) is 0 Å². The summed E-state index contributed by atoms with van der Waals surface area (Å²) in [7, 11) is -0.0945. The molecule has 0 heterocycles. The summed E-state index contributed by atoms with van der Waals surface area (Å²) in [5.41, 5.74) is 0. The first-order chi connectivity index (χ1) is 7.60. The number of rotatable bonds is 10. The summed E-state index contributed by atoms with van der Waals surface area (Å²) < 4.78 is 29.3. The molecule has 0 bridgehead atoms. The molecule has 0 radical (unpaired) electrons. The Morgan fingerprint density at radius 2 is 1.25 bits per heavy atom. The lowest BCUT2D eigenvalue weighted by atomic mass is 10.5. The maximum atomic E-state index is 11.0. The SMILES string of the molecule is COCC(=O)CO[PH](=O)OCC(=O)COC. The van der Waals surface area contributed by atoms with Crippen LogP contribution in [0.5, 0.6) is 0 Å². The lowest BCUT2D eigenvalue weighted by molar-refractivity contribution is -0.125. The molecule has 0 aliphatic heterocycles. The van der Waals surface area contributed by atoms with Crippen molar-refractivity contribution in [2.45, 2.75) is 0 Å². The number of hydrogen-bond donors (Lipinski definition) is 0. The van der Waals surface area contributed by atoms with Gasteiger partial charge in [0.05, 0.1) is 0 Å². The lowest BCUT2D eigenvalue weighted by Gasteiger charge is -2.04. The molecule has 7 nitrogen and oxygen atoms in total. The van der Waals surface area contributed by atoms with Crippen molar-refractivity contribution in [2.75, 3.05) is 40.6 Å². The lowest BCUT2D eigenvalue weighted by Crippen LogP contribution is -2.14. The van der Waals surface area contributed by atoms with Crippen LogP contribution in [0.4, 0.5) is 0 Å². The highest BCUT2D eigenvalue weighted by Gasteiger charge is 2.08. The van der Waals surface area contributed by atoms with Crippen molar-refractivity contribution in [3.63, 3.8) is 0 Å². The van der Waals surface area contributed by atoms with E-state index >= 15 is 0 Å². The van der Waals surface area contributed by atoms with Crippen molar-refractivity contribution in [1.29, 1.82) is 0 Å². The largest absolute Gasteiger partial charge is 0.377 e. The van der Waals surface area contributed by atoms with Crippen molar-refractivity contribution in [2.24, 2.45) is 0 Å². The Morgan fingerprint density at radius 1 is 0.875 bits per heavy atom. The fourth-order valence-corrected chi connectivity index (χ4v) is 1.37. The predicted octanol–water partition coefficient (Wildman–Crippen LogP) is -0.160. The van der Waals surface area contributed by atoms with Crippen LogP contribution in [0.15, 0.2) is 0 Å². The number of methoxy groups -OCH3 is 2. The summed E-state index contributed by atoms with van der Waals surface area (Å²) in [6.07, 6.45) is 0. The van der Waals surface area contributed by atoms with Crippen LogP contribution in [0.1, 0.15) is 0 Å². The molecule has 0 atom stereocenters. The first kappa shape index (κ1) is 15.4. The van der Waals surface area contributed by atoms with Crippen LogP contribution in [0, 0.1) is 0 Å². The van der Waals surface area contributed by atoms with E-state index in [-0.39, 0.29) is 38.0 Å². The van der Waals surface area contributed by atoms with Crippen LogP contribution in [0.3, 0.4) is 0 Å². The minimum absolute atomic E-state index is 0.113. The highest BCUT2D eigenvalue weighted by atomic mass is 31.1.